The van der Waals surface area contributed by atoms with Crippen molar-refractivity contribution in [1.82, 2.24) is 0 Å². The van der Waals surface area contributed by atoms with E-state index in [0.29, 0.717) is 11.5 Å². The van der Waals surface area contributed by atoms with Crippen LogP contribution in [0.4, 0.5) is 5.69 Å². The van der Waals surface area contributed by atoms with Crippen molar-refractivity contribution >= 4 is 17.7 Å². The van der Waals surface area contributed by atoms with Crippen LogP contribution in [0.5, 0.6) is 0 Å². The lowest BCUT2D eigenvalue weighted by molar-refractivity contribution is 0.0697. The Morgan fingerprint density at radius 3 is 2.56 bits per heavy atom. The summed E-state index contributed by atoms with van der Waals surface area (Å²) in [7, 11) is 2.18. The first kappa shape index (κ1) is 19.2. The number of benzene rings is 2. The number of nitrogens with zero attached hydrogens (tertiary/aromatic N) is 1. The molecular formula is C24H29NO2. The lowest BCUT2D eigenvalue weighted by Crippen LogP contribution is -2.34. The second-order valence-electron chi connectivity index (χ2n) is 8.13. The largest absolute Gasteiger partial charge is 0.478 e. The first-order valence-electron chi connectivity index (χ1n) is 9.69. The van der Waals surface area contributed by atoms with Crippen LogP contribution in [0.25, 0.3) is 6.08 Å². The van der Waals surface area contributed by atoms with Crippen LogP contribution in [-0.2, 0) is 5.41 Å². The van der Waals surface area contributed by atoms with Gasteiger partial charge in [-0.25, -0.2) is 4.79 Å². The molecule has 3 heteroatoms. The molecule has 142 valence electrons. The van der Waals surface area contributed by atoms with Gasteiger partial charge in [0.15, 0.2) is 0 Å². The van der Waals surface area contributed by atoms with E-state index in [2.05, 4.69) is 63.1 Å². The Morgan fingerprint density at radius 2 is 1.93 bits per heavy atom. The van der Waals surface area contributed by atoms with Crippen LogP contribution < -0.4 is 4.90 Å². The van der Waals surface area contributed by atoms with Crippen molar-refractivity contribution in [3.63, 3.8) is 0 Å². The number of hydrogen-bond acceptors (Lipinski definition) is 2. The standard InChI is InChI=1S/C24H29NO2/c1-5-18(9-6-17-7-10-19(11-8-17)23(26)27)20-12-13-21-22(16-20)25(4)15-14-24(21,2)3/h6-13,16,18H,5,14-15H2,1-4H3,(H,26,27). The third kappa shape index (κ3) is 4.08. The maximum absolute atomic E-state index is 11.0. The van der Waals surface area contributed by atoms with Gasteiger partial charge in [0.2, 0.25) is 0 Å². The number of allylic oxidation sites excluding steroid dienone is 1. The molecule has 3 rings (SSSR count). The number of hydrogen-bond donors (Lipinski definition) is 1. The predicted octanol–water partition coefficient (Wildman–Crippen LogP) is 5.71. The summed E-state index contributed by atoms with van der Waals surface area (Å²) in [6.45, 7) is 7.95. The zero-order valence-electron chi connectivity index (χ0n) is 16.7. The van der Waals surface area contributed by atoms with E-state index in [4.69, 9.17) is 5.11 Å². The molecule has 1 atom stereocenters. The second-order valence-corrected chi connectivity index (χ2v) is 8.13. The molecule has 0 aromatic heterocycles. The molecule has 0 saturated heterocycles. The fourth-order valence-electron chi connectivity index (χ4n) is 3.82. The Bertz CT molecular complexity index is 849. The van der Waals surface area contributed by atoms with Crippen LogP contribution in [-0.4, -0.2) is 24.7 Å². The average Bonchev–Trinajstić information content (AvgIpc) is 2.66. The van der Waals surface area contributed by atoms with Crippen molar-refractivity contribution in [2.75, 3.05) is 18.5 Å². The van der Waals surface area contributed by atoms with Crippen molar-refractivity contribution < 1.29 is 9.90 Å². The molecule has 0 bridgehead atoms. The molecule has 0 fully saturated rings. The Labute approximate surface area is 162 Å². The first-order valence-corrected chi connectivity index (χ1v) is 9.69. The molecule has 0 aliphatic carbocycles. The number of carbonyl (C=O) groups is 1. The van der Waals surface area contributed by atoms with Crippen LogP contribution in [0.2, 0.25) is 0 Å². The van der Waals surface area contributed by atoms with Crippen molar-refractivity contribution in [2.45, 2.75) is 44.9 Å². The predicted molar refractivity (Wildman–Crippen MR) is 113 cm³/mol. The third-order valence-electron chi connectivity index (χ3n) is 5.78. The zero-order valence-corrected chi connectivity index (χ0v) is 16.7. The molecule has 0 radical (unpaired) electrons. The van der Waals surface area contributed by atoms with Gasteiger partial charge < -0.3 is 10.0 Å². The molecule has 1 heterocycles. The summed E-state index contributed by atoms with van der Waals surface area (Å²) >= 11 is 0. The molecule has 0 spiro atoms. The highest BCUT2D eigenvalue weighted by molar-refractivity contribution is 5.87. The Balaban J connectivity index is 1.85. The molecule has 1 aliphatic heterocycles. The number of carboxylic acids is 1. The van der Waals surface area contributed by atoms with Gasteiger partial charge in [-0.3, -0.25) is 0 Å². The summed E-state index contributed by atoms with van der Waals surface area (Å²) in [6, 6.07) is 13.9. The maximum Gasteiger partial charge on any atom is 0.335 e. The summed E-state index contributed by atoms with van der Waals surface area (Å²) in [4.78, 5) is 13.3. The minimum atomic E-state index is -0.891. The minimum Gasteiger partial charge on any atom is -0.478 e. The van der Waals surface area contributed by atoms with Crippen molar-refractivity contribution in [1.29, 1.82) is 0 Å². The monoisotopic (exact) mass is 363 g/mol. The SMILES string of the molecule is CCC(C=Cc1ccc(C(=O)O)cc1)c1ccc2c(c1)N(C)CCC2(C)C. The van der Waals surface area contributed by atoms with Gasteiger partial charge in [-0.05, 0) is 53.1 Å². The van der Waals surface area contributed by atoms with E-state index in [1.54, 1.807) is 12.1 Å². The van der Waals surface area contributed by atoms with Gasteiger partial charge >= 0.3 is 5.97 Å². The molecule has 27 heavy (non-hydrogen) atoms. The zero-order chi connectivity index (χ0) is 19.6. The van der Waals surface area contributed by atoms with E-state index in [1.165, 1.54) is 23.2 Å². The van der Waals surface area contributed by atoms with E-state index in [-0.39, 0.29) is 5.41 Å². The van der Waals surface area contributed by atoms with E-state index in [0.717, 1.165) is 18.5 Å². The highest BCUT2D eigenvalue weighted by Crippen LogP contribution is 2.40. The van der Waals surface area contributed by atoms with E-state index >= 15 is 0 Å². The lowest BCUT2D eigenvalue weighted by Gasteiger charge is -2.39. The number of carboxylic acid groups (broad SMARTS) is 1. The second kappa shape index (κ2) is 7.59. The number of anilines is 1. The first-order chi connectivity index (χ1) is 12.8. The van der Waals surface area contributed by atoms with Crippen molar-refractivity contribution in [2.24, 2.45) is 0 Å². The molecule has 1 unspecified atom stereocenters. The fraction of sp³-hybridized carbons (Fsp3) is 0.375. The van der Waals surface area contributed by atoms with E-state index < -0.39 is 5.97 Å². The van der Waals surface area contributed by atoms with Crippen LogP contribution in [0.15, 0.2) is 48.5 Å². The number of fused-ring (bicyclic) bond motifs is 1. The van der Waals surface area contributed by atoms with E-state index in [1.807, 2.05) is 12.1 Å². The van der Waals surface area contributed by atoms with Crippen LogP contribution >= 0.6 is 0 Å². The average molecular weight is 364 g/mol. The highest BCUT2D eigenvalue weighted by atomic mass is 16.4. The maximum atomic E-state index is 11.0. The van der Waals surface area contributed by atoms with Crippen molar-refractivity contribution in [3.8, 4) is 0 Å². The lowest BCUT2D eigenvalue weighted by atomic mass is 9.77. The topological polar surface area (TPSA) is 40.5 Å². The van der Waals surface area contributed by atoms with Crippen molar-refractivity contribution in [3.05, 3.63) is 70.8 Å². The van der Waals surface area contributed by atoms with Gasteiger partial charge in [0.25, 0.3) is 0 Å². The molecule has 2 aromatic rings. The summed E-state index contributed by atoms with van der Waals surface area (Å²) in [6.07, 6.45) is 6.52. The quantitative estimate of drug-likeness (QED) is 0.740. The van der Waals surface area contributed by atoms with Gasteiger partial charge in [-0.15, -0.1) is 0 Å². The molecule has 3 nitrogen and oxygen atoms in total. The minimum absolute atomic E-state index is 0.226. The smallest absolute Gasteiger partial charge is 0.335 e. The van der Waals surface area contributed by atoms with Gasteiger partial charge in [-0.1, -0.05) is 57.2 Å². The number of aromatic carboxylic acids is 1. The van der Waals surface area contributed by atoms with Crippen LogP contribution in [0, 0.1) is 0 Å². The summed E-state index contributed by atoms with van der Waals surface area (Å²) in [5.41, 5.74) is 5.68. The molecule has 0 saturated carbocycles. The third-order valence-corrected chi connectivity index (χ3v) is 5.78. The molecule has 1 aliphatic rings. The Hall–Kier alpha value is -2.55. The normalized spacial score (nSPS) is 17.0. The highest BCUT2D eigenvalue weighted by Gasteiger charge is 2.30. The molecular weight excluding hydrogens is 334 g/mol. The number of rotatable bonds is 5. The summed E-state index contributed by atoms with van der Waals surface area (Å²) < 4.78 is 0. The van der Waals surface area contributed by atoms with Crippen LogP contribution in [0.1, 0.15) is 66.6 Å². The Morgan fingerprint density at radius 1 is 1.22 bits per heavy atom. The van der Waals surface area contributed by atoms with E-state index in [9.17, 15) is 4.79 Å². The summed E-state index contributed by atoms with van der Waals surface area (Å²) in [5, 5.41) is 9.01. The fourth-order valence-corrected chi connectivity index (χ4v) is 3.82. The van der Waals surface area contributed by atoms with Gasteiger partial charge in [0, 0.05) is 25.2 Å². The van der Waals surface area contributed by atoms with Gasteiger partial charge in [0.1, 0.15) is 0 Å². The van der Waals surface area contributed by atoms with Gasteiger partial charge in [-0.2, -0.15) is 0 Å². The molecule has 0 amide bonds. The Kier molecular flexibility index (Phi) is 5.41. The van der Waals surface area contributed by atoms with Crippen LogP contribution in [0.3, 0.4) is 0 Å². The van der Waals surface area contributed by atoms with Gasteiger partial charge in [0.05, 0.1) is 5.56 Å². The summed E-state index contributed by atoms with van der Waals surface area (Å²) in [5.74, 6) is -0.550. The molecule has 2 aromatic carbocycles. The molecule has 1 N–H and O–H groups in total.